The molecule has 0 radical (unpaired) electrons. The highest BCUT2D eigenvalue weighted by Gasteiger charge is 2.06. The third-order valence-electron chi connectivity index (χ3n) is 3.95. The van der Waals surface area contributed by atoms with Crippen LogP contribution in [-0.2, 0) is 0 Å². The molecule has 0 aliphatic carbocycles. The summed E-state index contributed by atoms with van der Waals surface area (Å²) < 4.78 is 10.7. The Bertz CT molecular complexity index is 906. The number of aliphatic imine (C=N–C) groups is 1. The van der Waals surface area contributed by atoms with Crippen LogP contribution in [0, 0.1) is 0 Å². The Morgan fingerprint density at radius 3 is 2.62 bits per heavy atom. The predicted molar refractivity (Wildman–Crippen MR) is 107 cm³/mol. The lowest BCUT2D eigenvalue weighted by Crippen LogP contribution is -2.06. The van der Waals surface area contributed by atoms with Crippen molar-refractivity contribution < 1.29 is 9.47 Å². The summed E-state index contributed by atoms with van der Waals surface area (Å²) in [6.07, 6.45) is 3.55. The normalized spacial score (nSPS) is 11.0. The van der Waals surface area contributed by atoms with E-state index in [0.717, 1.165) is 33.7 Å². The van der Waals surface area contributed by atoms with Gasteiger partial charge in [-0.2, -0.15) is 0 Å². The van der Waals surface area contributed by atoms with Crippen molar-refractivity contribution in [3.05, 3.63) is 59.2 Å². The topological polar surface area (TPSA) is 55.7 Å². The quantitative estimate of drug-likeness (QED) is 0.494. The number of pyridine rings is 1. The summed E-state index contributed by atoms with van der Waals surface area (Å²) in [6, 6.07) is 13.3. The second kappa shape index (κ2) is 8.54. The zero-order valence-corrected chi connectivity index (χ0v) is 15.5. The molecule has 6 heteroatoms. The van der Waals surface area contributed by atoms with Gasteiger partial charge in [0.1, 0.15) is 11.5 Å². The van der Waals surface area contributed by atoms with Gasteiger partial charge in [-0.25, -0.2) is 0 Å². The first kappa shape index (κ1) is 18.0. The van der Waals surface area contributed by atoms with Gasteiger partial charge >= 0.3 is 0 Å². The highest BCUT2D eigenvalue weighted by Crippen LogP contribution is 2.26. The molecular weight excluding hydrogens is 350 g/mol. The van der Waals surface area contributed by atoms with Crippen LogP contribution in [0.1, 0.15) is 5.56 Å². The second-order valence-corrected chi connectivity index (χ2v) is 5.99. The van der Waals surface area contributed by atoms with E-state index in [-0.39, 0.29) is 0 Å². The molecule has 1 aromatic heterocycles. The van der Waals surface area contributed by atoms with Gasteiger partial charge in [0.15, 0.2) is 0 Å². The lowest BCUT2D eigenvalue weighted by atomic mass is 10.2. The van der Waals surface area contributed by atoms with Crippen molar-refractivity contribution in [3.63, 3.8) is 0 Å². The minimum Gasteiger partial charge on any atom is -0.496 e. The van der Waals surface area contributed by atoms with Crippen molar-refractivity contribution in [1.29, 1.82) is 0 Å². The van der Waals surface area contributed by atoms with Gasteiger partial charge in [-0.15, -0.1) is 0 Å². The molecule has 0 bridgehead atoms. The van der Waals surface area contributed by atoms with E-state index in [1.165, 1.54) is 0 Å². The molecule has 0 amide bonds. The number of aromatic nitrogens is 1. The summed E-state index contributed by atoms with van der Waals surface area (Å²) >= 11 is 6.02. The Hall–Kier alpha value is -2.79. The molecule has 1 N–H and O–H groups in total. The van der Waals surface area contributed by atoms with Crippen LogP contribution in [-0.4, -0.2) is 38.5 Å². The summed E-state index contributed by atoms with van der Waals surface area (Å²) in [6.45, 7) is 1.30. The summed E-state index contributed by atoms with van der Waals surface area (Å²) in [5.74, 6) is 1.47. The monoisotopic (exact) mass is 369 g/mol. The summed E-state index contributed by atoms with van der Waals surface area (Å²) in [4.78, 5) is 8.83. The number of hydrogen-bond donors (Lipinski definition) is 1. The number of methoxy groups -OCH3 is 2. The zero-order valence-electron chi connectivity index (χ0n) is 14.7. The third kappa shape index (κ3) is 4.06. The van der Waals surface area contributed by atoms with Crippen LogP contribution in [0.25, 0.3) is 10.9 Å². The van der Waals surface area contributed by atoms with E-state index in [1.54, 1.807) is 26.6 Å². The molecule has 0 saturated heterocycles. The minimum atomic E-state index is 0.610. The molecule has 0 aliphatic heterocycles. The van der Waals surface area contributed by atoms with E-state index in [2.05, 4.69) is 15.3 Å². The van der Waals surface area contributed by atoms with Gasteiger partial charge in [-0.1, -0.05) is 17.7 Å². The number of hydrogen-bond acceptors (Lipinski definition) is 5. The average molecular weight is 370 g/mol. The van der Waals surface area contributed by atoms with Gasteiger partial charge in [0.05, 0.1) is 31.8 Å². The van der Waals surface area contributed by atoms with Crippen LogP contribution in [0.15, 0.2) is 53.7 Å². The molecule has 1 heterocycles. The van der Waals surface area contributed by atoms with Crippen molar-refractivity contribution in [2.24, 2.45) is 4.99 Å². The number of halogens is 1. The highest BCUT2D eigenvalue weighted by atomic mass is 35.5. The number of nitrogens with zero attached hydrogens (tertiary/aromatic N) is 2. The Kier molecular flexibility index (Phi) is 5.92. The van der Waals surface area contributed by atoms with Crippen LogP contribution in [0.4, 0.5) is 5.69 Å². The molecule has 26 heavy (non-hydrogen) atoms. The first-order chi connectivity index (χ1) is 12.7. The maximum Gasteiger partial charge on any atom is 0.131 e. The second-order valence-electron chi connectivity index (χ2n) is 5.56. The molecule has 3 rings (SSSR count). The molecule has 0 unspecified atom stereocenters. The fourth-order valence-electron chi connectivity index (χ4n) is 2.69. The van der Waals surface area contributed by atoms with Crippen molar-refractivity contribution >= 4 is 34.4 Å². The smallest absolute Gasteiger partial charge is 0.131 e. The molecule has 0 aliphatic rings. The fraction of sp³-hybridized carbons (Fsp3) is 0.200. The molecule has 0 atom stereocenters. The van der Waals surface area contributed by atoms with Crippen LogP contribution in [0.2, 0.25) is 5.02 Å². The molecule has 2 aromatic carbocycles. The Morgan fingerprint density at radius 1 is 1.12 bits per heavy atom. The van der Waals surface area contributed by atoms with Crippen molar-refractivity contribution in [3.8, 4) is 11.5 Å². The number of nitrogens with one attached hydrogen (secondary N) is 1. The average Bonchev–Trinajstić information content (AvgIpc) is 2.67. The summed E-state index contributed by atoms with van der Waals surface area (Å²) in [5.41, 5.74) is 2.71. The number of anilines is 1. The molecule has 3 aromatic rings. The first-order valence-corrected chi connectivity index (χ1v) is 8.59. The number of fused-ring (bicyclic) bond motifs is 1. The summed E-state index contributed by atoms with van der Waals surface area (Å²) in [5, 5.41) is 5.10. The van der Waals surface area contributed by atoms with Gasteiger partial charge in [0.25, 0.3) is 0 Å². The van der Waals surface area contributed by atoms with E-state index in [1.807, 2.05) is 42.5 Å². The Labute approximate surface area is 157 Å². The zero-order chi connectivity index (χ0) is 18.4. The molecule has 0 saturated carbocycles. The highest BCUT2D eigenvalue weighted by molar-refractivity contribution is 6.31. The number of ether oxygens (including phenoxy) is 2. The number of rotatable bonds is 7. The molecule has 5 nitrogen and oxygen atoms in total. The standard InChI is InChI=1S/C20H20ClN3O2/c1-25-19-4-3-5-20(26-2)16(19)13-22-10-11-24-17-8-9-23-18-12-14(21)6-7-15(17)18/h3-9,12-13H,10-11H2,1-2H3,(H,23,24). The van der Waals surface area contributed by atoms with Crippen molar-refractivity contribution in [1.82, 2.24) is 4.98 Å². The van der Waals surface area contributed by atoms with E-state index in [9.17, 15) is 0 Å². The lowest BCUT2D eigenvalue weighted by molar-refractivity contribution is 0.393. The maximum atomic E-state index is 6.02. The first-order valence-electron chi connectivity index (χ1n) is 8.22. The molecule has 0 spiro atoms. The molecule has 0 fully saturated rings. The Balaban J connectivity index is 1.66. The fourth-order valence-corrected chi connectivity index (χ4v) is 2.86. The van der Waals surface area contributed by atoms with E-state index >= 15 is 0 Å². The van der Waals surface area contributed by atoms with Gasteiger partial charge in [0, 0.05) is 35.1 Å². The van der Waals surface area contributed by atoms with Crippen molar-refractivity contribution in [2.75, 3.05) is 32.6 Å². The van der Waals surface area contributed by atoms with Crippen LogP contribution in [0.5, 0.6) is 11.5 Å². The van der Waals surface area contributed by atoms with Crippen LogP contribution >= 0.6 is 11.6 Å². The predicted octanol–water partition coefficient (Wildman–Crippen LogP) is 4.44. The van der Waals surface area contributed by atoms with Crippen LogP contribution in [0.3, 0.4) is 0 Å². The molecule has 134 valence electrons. The third-order valence-corrected chi connectivity index (χ3v) is 4.18. The van der Waals surface area contributed by atoms with Gasteiger partial charge < -0.3 is 14.8 Å². The minimum absolute atomic E-state index is 0.610. The van der Waals surface area contributed by atoms with Crippen LogP contribution < -0.4 is 14.8 Å². The largest absolute Gasteiger partial charge is 0.496 e. The van der Waals surface area contributed by atoms with Gasteiger partial charge in [-0.3, -0.25) is 9.98 Å². The van der Waals surface area contributed by atoms with E-state index in [0.29, 0.717) is 18.1 Å². The number of benzene rings is 2. The van der Waals surface area contributed by atoms with E-state index in [4.69, 9.17) is 21.1 Å². The van der Waals surface area contributed by atoms with E-state index < -0.39 is 0 Å². The SMILES string of the molecule is COc1cccc(OC)c1C=NCCNc1ccnc2cc(Cl)ccc12. The van der Waals surface area contributed by atoms with Gasteiger partial charge in [0.2, 0.25) is 0 Å². The van der Waals surface area contributed by atoms with Gasteiger partial charge in [-0.05, 0) is 36.4 Å². The summed E-state index contributed by atoms with van der Waals surface area (Å²) in [7, 11) is 3.27. The van der Waals surface area contributed by atoms with Crippen molar-refractivity contribution in [2.45, 2.75) is 0 Å². The Morgan fingerprint density at radius 2 is 1.88 bits per heavy atom. The lowest BCUT2D eigenvalue weighted by Gasteiger charge is -2.10. The molecular formula is C20H20ClN3O2. The maximum absolute atomic E-state index is 6.02.